The van der Waals surface area contributed by atoms with E-state index in [1.807, 2.05) is 95.3 Å². The van der Waals surface area contributed by atoms with Gasteiger partial charge in [0.1, 0.15) is 18.2 Å². The highest BCUT2D eigenvalue weighted by Gasteiger charge is 2.58. The second kappa shape index (κ2) is 18.1. The van der Waals surface area contributed by atoms with Gasteiger partial charge in [0.2, 0.25) is 17.7 Å². The maximum Gasteiger partial charge on any atom is 0.412 e. The Balaban J connectivity index is 0.863. The number of rotatable bonds is 9. The van der Waals surface area contributed by atoms with Crippen molar-refractivity contribution in [2.24, 2.45) is 22.7 Å². The molecular weight excluding hydrogens is 869 g/mol. The molecule has 0 radical (unpaired) electrons. The Kier molecular flexibility index (Phi) is 12.6. The summed E-state index contributed by atoms with van der Waals surface area (Å²) in [7, 11) is 0. The van der Waals surface area contributed by atoms with E-state index in [0.29, 0.717) is 24.2 Å². The summed E-state index contributed by atoms with van der Waals surface area (Å²) in [6.45, 7) is 13.5. The van der Waals surface area contributed by atoms with Crippen molar-refractivity contribution in [3.05, 3.63) is 118 Å². The number of benzene rings is 4. The van der Waals surface area contributed by atoms with Gasteiger partial charge in [-0.15, -0.1) is 0 Å². The van der Waals surface area contributed by atoms with Crippen LogP contribution in [0.5, 0.6) is 0 Å². The predicted octanol–water partition coefficient (Wildman–Crippen LogP) is 10.2. The number of fused-ring (bicyclic) bond motifs is 9. The number of hydrogen-bond acceptors (Lipinski definition) is 8. The summed E-state index contributed by atoms with van der Waals surface area (Å²) in [6, 6.07) is 26.7. The van der Waals surface area contributed by atoms with Gasteiger partial charge < -0.3 is 25.2 Å². The summed E-state index contributed by atoms with van der Waals surface area (Å²) in [5.41, 5.74) is 7.08. The lowest BCUT2D eigenvalue weighted by Crippen LogP contribution is -2.60. The number of nitrogens with one attached hydrogen (secondary N) is 4. The zero-order valence-corrected chi connectivity index (χ0v) is 41.2. The normalized spacial score (nSPS) is 27.1. The monoisotopic (exact) mass is 937 g/mol. The molecule has 0 aliphatic heterocycles. The third-order valence-corrected chi connectivity index (χ3v) is 17.0. The molecule has 69 heavy (non-hydrogen) atoms. The molecule has 12 heteroatoms. The highest BCUT2D eigenvalue weighted by Crippen LogP contribution is 2.60. The van der Waals surface area contributed by atoms with Crippen molar-refractivity contribution in [2.45, 2.75) is 141 Å². The van der Waals surface area contributed by atoms with Gasteiger partial charge in [0, 0.05) is 17.3 Å². The first kappa shape index (κ1) is 48.0. The summed E-state index contributed by atoms with van der Waals surface area (Å²) >= 11 is 0. The smallest absolute Gasteiger partial charge is 0.412 e. The van der Waals surface area contributed by atoms with Gasteiger partial charge >= 0.3 is 12.2 Å². The fourth-order valence-corrected chi connectivity index (χ4v) is 13.6. The van der Waals surface area contributed by atoms with Crippen molar-refractivity contribution in [3.8, 4) is 11.1 Å². The lowest BCUT2D eigenvalue weighted by molar-refractivity contribution is -0.150. The van der Waals surface area contributed by atoms with Crippen molar-refractivity contribution < 1.29 is 38.6 Å². The summed E-state index contributed by atoms with van der Waals surface area (Å²) in [6.07, 6.45) is 6.49. The van der Waals surface area contributed by atoms with E-state index in [0.717, 1.165) is 90.3 Å². The summed E-state index contributed by atoms with van der Waals surface area (Å²) in [4.78, 5) is 69.2. The molecule has 4 aromatic carbocycles. The SMILES string of the molecule is CC(C)(C)OC(=O)Nc1ccc2c(c1)[C@@]1(C)CCC[C@](C)(C(=O)NC(=O)[C@@]3(C)CCC[C@]4(C)c5cc(NC(=O)[C@H](CO)NC(=O)OCC6c7ccccc7-c7ccccc76)ccc5CC[C@@H]34)[C@@H]1CC2. The van der Waals surface area contributed by atoms with Crippen molar-refractivity contribution in [1.82, 2.24) is 10.6 Å². The molecule has 0 saturated heterocycles. The maximum absolute atomic E-state index is 14.8. The number of aliphatic hydroxyl groups excluding tert-OH is 1. The van der Waals surface area contributed by atoms with Crippen molar-refractivity contribution in [3.63, 3.8) is 0 Å². The third kappa shape index (κ3) is 8.72. The van der Waals surface area contributed by atoms with E-state index in [9.17, 15) is 29.1 Å². The number of anilines is 2. The number of imide groups is 1. The zero-order valence-electron chi connectivity index (χ0n) is 41.2. The van der Waals surface area contributed by atoms with Crippen molar-refractivity contribution >= 4 is 41.3 Å². The molecule has 0 bridgehead atoms. The number of carbonyl (C=O) groups is 5. The Morgan fingerprint density at radius 1 is 0.667 bits per heavy atom. The van der Waals surface area contributed by atoms with Crippen LogP contribution in [0.2, 0.25) is 0 Å². The van der Waals surface area contributed by atoms with Crippen LogP contribution >= 0.6 is 0 Å². The number of ether oxygens (including phenoxy) is 2. The Morgan fingerprint density at radius 3 is 1.65 bits per heavy atom. The van der Waals surface area contributed by atoms with E-state index in [-0.39, 0.29) is 41.6 Å². The first-order chi connectivity index (χ1) is 32.8. The molecule has 0 aromatic heterocycles. The first-order valence-electron chi connectivity index (χ1n) is 24.9. The van der Waals surface area contributed by atoms with E-state index >= 15 is 0 Å². The molecule has 2 saturated carbocycles. The minimum absolute atomic E-state index is 0.0185. The highest BCUT2D eigenvalue weighted by atomic mass is 16.6. The fourth-order valence-electron chi connectivity index (χ4n) is 13.6. The van der Waals surface area contributed by atoms with E-state index in [1.54, 1.807) is 0 Å². The number of hydrogen-bond donors (Lipinski definition) is 5. The average Bonchev–Trinajstić information content (AvgIpc) is 3.62. The minimum atomic E-state index is -1.26. The lowest BCUT2D eigenvalue weighted by Gasteiger charge is -2.56. The van der Waals surface area contributed by atoms with E-state index in [2.05, 4.69) is 59.4 Å². The Morgan fingerprint density at radius 2 is 1.16 bits per heavy atom. The number of carbonyl (C=O) groups excluding carboxylic acids is 5. The second-order valence-electron chi connectivity index (χ2n) is 22.4. The van der Waals surface area contributed by atoms with Gasteiger partial charge in [-0.05, 0) is 164 Å². The van der Waals surface area contributed by atoms with Gasteiger partial charge in [-0.25, -0.2) is 9.59 Å². The van der Waals surface area contributed by atoms with Gasteiger partial charge in [0.25, 0.3) is 0 Å². The van der Waals surface area contributed by atoms with Crippen LogP contribution in [-0.4, -0.2) is 59.9 Å². The highest BCUT2D eigenvalue weighted by molar-refractivity contribution is 6.01. The molecule has 5 aliphatic rings. The topological polar surface area (TPSA) is 172 Å². The molecule has 2 fully saturated rings. The predicted molar refractivity (Wildman–Crippen MR) is 266 cm³/mol. The molecule has 7 atom stereocenters. The molecule has 0 unspecified atom stereocenters. The molecule has 0 spiro atoms. The van der Waals surface area contributed by atoms with E-state index in [1.165, 1.54) is 5.56 Å². The number of aliphatic hydroxyl groups is 1. The maximum atomic E-state index is 14.8. The molecule has 0 heterocycles. The molecule has 364 valence electrons. The van der Waals surface area contributed by atoms with Gasteiger partial charge in [0.15, 0.2) is 0 Å². The van der Waals surface area contributed by atoms with E-state index in [4.69, 9.17) is 9.47 Å². The van der Waals surface area contributed by atoms with Gasteiger partial charge in [0.05, 0.1) is 17.4 Å². The van der Waals surface area contributed by atoms with Crippen LogP contribution in [0.3, 0.4) is 0 Å². The molecule has 5 N–H and O–H groups in total. The van der Waals surface area contributed by atoms with Crippen LogP contribution < -0.4 is 21.3 Å². The van der Waals surface area contributed by atoms with Crippen LogP contribution in [-0.2, 0) is 47.5 Å². The number of alkyl carbamates (subject to hydrolysis) is 1. The Bertz CT molecular complexity index is 2660. The minimum Gasteiger partial charge on any atom is -0.449 e. The summed E-state index contributed by atoms with van der Waals surface area (Å²) in [5.74, 6) is -1.27. The Hall–Kier alpha value is -6.01. The summed E-state index contributed by atoms with van der Waals surface area (Å²) in [5, 5.41) is 21.7. The molecule has 12 nitrogen and oxygen atoms in total. The average molecular weight is 937 g/mol. The molecule has 4 aromatic rings. The third-order valence-electron chi connectivity index (χ3n) is 17.0. The standard InChI is InChI=1S/C57H68N4O8/c1-53(2,3)69-52(67)59-37-23-19-35-21-25-47-55(5,44(35)31-37)27-13-29-57(47,7)50(65)61-49(64)56(6)28-12-26-54(4)43-30-36(22-18-34(43)20-24-46(54)56)58-48(63)45(32-62)60-51(66)68-33-42-40-16-10-8-14-38(40)39-15-9-11-17-41(39)42/h8-11,14-19,22-23,30-31,42,45-47,62H,12-13,20-21,24-29,32-33H2,1-7H3,(H,58,63)(H,59,67)(H,60,66)(H,61,64,65)/t45-,46+,47+,54+,55+,56-,57-/m0/s1. The lowest BCUT2D eigenvalue weighted by atomic mass is 9.49. The largest absolute Gasteiger partial charge is 0.449 e. The molecule has 9 rings (SSSR count). The Labute approximate surface area is 406 Å². The second-order valence-corrected chi connectivity index (χ2v) is 22.4. The van der Waals surface area contributed by atoms with Crippen LogP contribution in [0.4, 0.5) is 21.0 Å². The molecule has 5 amide bonds. The van der Waals surface area contributed by atoms with Crippen molar-refractivity contribution in [2.75, 3.05) is 23.8 Å². The van der Waals surface area contributed by atoms with Crippen LogP contribution in [0.1, 0.15) is 139 Å². The zero-order chi connectivity index (χ0) is 49.1. The van der Waals surface area contributed by atoms with Crippen LogP contribution in [0.15, 0.2) is 84.9 Å². The quantitative estimate of drug-likeness (QED) is 0.103. The van der Waals surface area contributed by atoms with Gasteiger partial charge in [-0.3, -0.25) is 25.0 Å². The first-order valence-corrected chi connectivity index (χ1v) is 24.9. The van der Waals surface area contributed by atoms with Crippen LogP contribution in [0.25, 0.3) is 11.1 Å². The molecule has 5 aliphatic carbocycles. The van der Waals surface area contributed by atoms with Crippen LogP contribution in [0, 0.1) is 22.7 Å². The van der Waals surface area contributed by atoms with Gasteiger partial charge in [-0.1, -0.05) is 101 Å². The van der Waals surface area contributed by atoms with Crippen molar-refractivity contribution in [1.29, 1.82) is 0 Å². The molecular formula is C57H68N4O8. The number of aryl methyl sites for hydroxylation is 2. The van der Waals surface area contributed by atoms with E-state index < -0.39 is 52.6 Å². The summed E-state index contributed by atoms with van der Waals surface area (Å²) < 4.78 is 11.2. The van der Waals surface area contributed by atoms with Gasteiger partial charge in [-0.2, -0.15) is 0 Å². The fraction of sp³-hybridized carbons (Fsp3) is 0.491. The number of amides is 5.